The maximum Gasteiger partial charge on any atom is 0.173 e. The maximum absolute atomic E-state index is 5.60. The fraction of sp³-hybridized carbons (Fsp3) is 0. The number of allylic oxidation sites excluding steroid dienone is 2. The van der Waals surface area contributed by atoms with Crippen molar-refractivity contribution in [2.45, 2.75) is 0 Å². The molecule has 0 aromatic carbocycles. The number of nitrogens with one attached hydrogen (secondary N) is 2. The Morgan fingerprint density at radius 1 is 0.875 bits per heavy atom. The average Bonchev–Trinajstić information content (AvgIpc) is 2.39. The van der Waals surface area contributed by atoms with Crippen LogP contribution in [0.4, 0.5) is 0 Å². The van der Waals surface area contributed by atoms with Crippen molar-refractivity contribution < 1.29 is 0 Å². The van der Waals surface area contributed by atoms with Crippen LogP contribution in [0.2, 0.25) is 0 Å². The van der Waals surface area contributed by atoms with Gasteiger partial charge in [-0.05, 0) is 12.2 Å². The molecule has 0 radical (unpaired) electrons. The molecule has 0 aromatic rings. The molecule has 4 nitrogen and oxygen atoms in total. The normalized spacial score (nSPS) is 23.9. The summed E-state index contributed by atoms with van der Waals surface area (Å²) in [4.78, 5) is 8.30. The largest absolute Gasteiger partial charge is 0.336 e. The molecule has 2 aliphatic rings. The predicted octanol–water partition coefficient (Wildman–Crippen LogP) is 2.18. The molecule has 82 valence electrons. The van der Waals surface area contributed by atoms with Gasteiger partial charge in [-0.15, -0.1) is 0 Å². The summed E-state index contributed by atoms with van der Waals surface area (Å²) >= 11 is 11.2. The van der Waals surface area contributed by atoms with Gasteiger partial charge in [-0.25, -0.2) is 9.98 Å². The average molecular weight is 255 g/mol. The molecule has 0 unspecified atom stereocenters. The van der Waals surface area contributed by atoms with Gasteiger partial charge in [-0.1, -0.05) is 23.2 Å². The molecule has 0 amide bonds. The lowest BCUT2D eigenvalue weighted by Crippen LogP contribution is -2.40. The molecule has 2 aliphatic heterocycles. The van der Waals surface area contributed by atoms with E-state index in [0.29, 0.717) is 11.7 Å². The lowest BCUT2D eigenvalue weighted by Gasteiger charge is -2.17. The van der Waals surface area contributed by atoms with Crippen molar-refractivity contribution >= 4 is 34.9 Å². The summed E-state index contributed by atoms with van der Waals surface area (Å²) in [5, 5.41) is 6.02. The zero-order valence-electron chi connectivity index (χ0n) is 8.11. The zero-order valence-corrected chi connectivity index (χ0v) is 9.63. The highest BCUT2D eigenvalue weighted by atomic mass is 35.5. The summed E-state index contributed by atoms with van der Waals surface area (Å²) in [6.07, 6.45) is 6.81. The van der Waals surface area contributed by atoms with Crippen molar-refractivity contribution in [3.63, 3.8) is 0 Å². The van der Waals surface area contributed by atoms with Gasteiger partial charge in [0.05, 0.1) is 11.4 Å². The Morgan fingerprint density at radius 2 is 1.31 bits per heavy atom. The number of nitrogens with zero attached hydrogens (tertiary/aromatic N) is 2. The van der Waals surface area contributed by atoms with Gasteiger partial charge in [0.2, 0.25) is 0 Å². The molecular weight excluding hydrogens is 247 g/mol. The smallest absolute Gasteiger partial charge is 0.173 e. The van der Waals surface area contributed by atoms with Crippen LogP contribution in [0.5, 0.6) is 0 Å². The highest BCUT2D eigenvalue weighted by Gasteiger charge is 2.14. The Kier molecular flexibility index (Phi) is 3.44. The summed E-state index contributed by atoms with van der Waals surface area (Å²) in [7, 11) is 0. The molecule has 2 N–H and O–H groups in total. The van der Waals surface area contributed by atoms with E-state index in [-0.39, 0.29) is 0 Å². The molecule has 0 aromatic heterocycles. The molecule has 6 heteroatoms. The van der Waals surface area contributed by atoms with Crippen LogP contribution < -0.4 is 10.6 Å². The van der Waals surface area contributed by atoms with Crippen LogP contribution >= 0.6 is 23.2 Å². The van der Waals surface area contributed by atoms with Gasteiger partial charge < -0.3 is 10.6 Å². The van der Waals surface area contributed by atoms with Crippen molar-refractivity contribution in [1.29, 1.82) is 0 Å². The first-order valence-electron chi connectivity index (χ1n) is 4.47. The fourth-order valence-electron chi connectivity index (χ4n) is 1.17. The number of hydrogen-bond acceptors (Lipinski definition) is 4. The van der Waals surface area contributed by atoms with Crippen LogP contribution in [-0.2, 0) is 0 Å². The van der Waals surface area contributed by atoms with Gasteiger partial charge in [-0.2, -0.15) is 0 Å². The van der Waals surface area contributed by atoms with Crippen molar-refractivity contribution in [2.24, 2.45) is 9.98 Å². The second kappa shape index (κ2) is 5.01. The predicted molar refractivity (Wildman–Crippen MR) is 67.3 cm³/mol. The van der Waals surface area contributed by atoms with E-state index < -0.39 is 0 Å². The highest BCUT2D eigenvalue weighted by molar-refractivity contribution is 6.42. The van der Waals surface area contributed by atoms with Gasteiger partial charge in [0.15, 0.2) is 11.7 Å². The molecule has 0 spiro atoms. The third kappa shape index (κ3) is 2.35. The standard InChI is InChI=1S/C10H8Cl2N4/c11-5-7-1-3-13-9(15-7)10-14-4-2-8(6-12)16-10/h1-6H,(H,13,15)(H,14,16)/b7-5-,8-6-. The van der Waals surface area contributed by atoms with E-state index in [4.69, 9.17) is 23.2 Å². The second-order valence-electron chi connectivity index (χ2n) is 2.97. The van der Waals surface area contributed by atoms with E-state index in [1.807, 2.05) is 0 Å². The van der Waals surface area contributed by atoms with Gasteiger partial charge in [0.25, 0.3) is 0 Å². The Balaban J connectivity index is 2.21. The lowest BCUT2D eigenvalue weighted by atomic mass is 10.3. The SMILES string of the molecule is Cl/C=C1/C=CN=C(C2=NC=C/C(=C/Cl)N2)N1. The number of halogens is 2. The molecule has 0 bridgehead atoms. The van der Waals surface area contributed by atoms with Crippen molar-refractivity contribution in [3.05, 3.63) is 47.0 Å². The number of amidine groups is 2. The van der Waals surface area contributed by atoms with Crippen molar-refractivity contribution in [3.8, 4) is 0 Å². The molecule has 2 heterocycles. The van der Waals surface area contributed by atoms with E-state index in [1.54, 1.807) is 24.6 Å². The van der Waals surface area contributed by atoms with Crippen LogP contribution in [0.3, 0.4) is 0 Å². The maximum atomic E-state index is 5.60. The minimum atomic E-state index is 0.592. The minimum Gasteiger partial charge on any atom is -0.336 e. The highest BCUT2D eigenvalue weighted by Crippen LogP contribution is 2.06. The van der Waals surface area contributed by atoms with E-state index >= 15 is 0 Å². The molecule has 16 heavy (non-hydrogen) atoms. The van der Waals surface area contributed by atoms with Gasteiger partial charge in [0, 0.05) is 23.5 Å². The first kappa shape index (κ1) is 11.0. The fourth-order valence-corrected chi connectivity index (χ4v) is 1.43. The minimum absolute atomic E-state index is 0.592. The van der Waals surface area contributed by atoms with Gasteiger partial charge in [0.1, 0.15) is 0 Å². The van der Waals surface area contributed by atoms with Crippen LogP contribution in [0.25, 0.3) is 0 Å². The van der Waals surface area contributed by atoms with Gasteiger partial charge >= 0.3 is 0 Å². The Hall–Kier alpha value is -1.52. The summed E-state index contributed by atoms with van der Waals surface area (Å²) in [6.45, 7) is 0. The van der Waals surface area contributed by atoms with Crippen LogP contribution in [0, 0.1) is 0 Å². The quantitative estimate of drug-likeness (QED) is 0.754. The van der Waals surface area contributed by atoms with E-state index in [1.165, 1.54) is 11.1 Å². The van der Waals surface area contributed by atoms with E-state index in [9.17, 15) is 0 Å². The first-order chi connectivity index (χ1) is 7.83. The summed E-state index contributed by atoms with van der Waals surface area (Å²) in [6, 6.07) is 0. The molecular formula is C10H8Cl2N4. The lowest BCUT2D eigenvalue weighted by molar-refractivity contribution is 1.10. The molecule has 2 rings (SSSR count). The monoisotopic (exact) mass is 254 g/mol. The molecule has 0 saturated carbocycles. The first-order valence-corrected chi connectivity index (χ1v) is 5.34. The Bertz CT molecular complexity index is 425. The van der Waals surface area contributed by atoms with E-state index in [2.05, 4.69) is 20.6 Å². The third-order valence-corrected chi connectivity index (χ3v) is 2.37. The molecule has 0 atom stereocenters. The Labute approximate surface area is 103 Å². The topological polar surface area (TPSA) is 48.8 Å². The number of aliphatic imine (C=N–C) groups is 2. The number of rotatable bonds is 1. The second-order valence-corrected chi connectivity index (χ2v) is 3.40. The summed E-state index contributed by atoms with van der Waals surface area (Å²) in [5.74, 6) is 1.18. The molecule has 0 fully saturated rings. The van der Waals surface area contributed by atoms with Crippen molar-refractivity contribution in [1.82, 2.24) is 10.6 Å². The van der Waals surface area contributed by atoms with Crippen molar-refractivity contribution in [2.75, 3.05) is 0 Å². The number of hydrogen-bond donors (Lipinski definition) is 2. The van der Waals surface area contributed by atoms with Crippen LogP contribution in [0.15, 0.2) is 57.0 Å². The Morgan fingerprint density at radius 3 is 1.69 bits per heavy atom. The molecule has 0 aliphatic carbocycles. The van der Waals surface area contributed by atoms with E-state index in [0.717, 1.165) is 11.4 Å². The summed E-state index contributed by atoms with van der Waals surface area (Å²) < 4.78 is 0. The third-order valence-electron chi connectivity index (χ3n) is 1.90. The summed E-state index contributed by atoms with van der Waals surface area (Å²) in [5.41, 5.74) is 4.37. The van der Waals surface area contributed by atoms with Gasteiger partial charge in [-0.3, -0.25) is 0 Å². The molecule has 0 saturated heterocycles. The van der Waals surface area contributed by atoms with Crippen LogP contribution in [0.1, 0.15) is 0 Å². The van der Waals surface area contributed by atoms with Crippen LogP contribution in [-0.4, -0.2) is 11.7 Å². The zero-order chi connectivity index (χ0) is 11.4.